The summed E-state index contributed by atoms with van der Waals surface area (Å²) in [6.07, 6.45) is 0. The van der Waals surface area contributed by atoms with Crippen LogP contribution in [0.5, 0.6) is 0 Å². The fourth-order valence-electron chi connectivity index (χ4n) is 1.44. The molecule has 0 aliphatic carbocycles. The van der Waals surface area contributed by atoms with Crippen LogP contribution in [0.4, 0.5) is 0 Å². The van der Waals surface area contributed by atoms with Crippen LogP contribution < -0.4 is 0 Å². The van der Waals surface area contributed by atoms with Crippen molar-refractivity contribution in [3.05, 3.63) is 41.5 Å². The molecule has 0 fully saturated rings. The van der Waals surface area contributed by atoms with Crippen LogP contribution >= 0.6 is 0 Å². The molecule has 0 amide bonds. The molecule has 1 rings (SSSR count). The van der Waals surface area contributed by atoms with Crippen molar-refractivity contribution >= 4 is 11.7 Å². The number of carboxylic acid groups (broad SMARTS) is 1. The first-order chi connectivity index (χ1) is 7.07. The molecule has 0 saturated heterocycles. The van der Waals surface area contributed by atoms with Crippen molar-refractivity contribution < 1.29 is 14.6 Å². The lowest BCUT2D eigenvalue weighted by Crippen LogP contribution is -2.05. The Labute approximate surface area is 89.0 Å². The van der Waals surface area contributed by atoms with E-state index < -0.39 is 5.97 Å². The second kappa shape index (κ2) is 4.64. The van der Waals surface area contributed by atoms with Crippen LogP contribution in [0.3, 0.4) is 0 Å². The minimum Gasteiger partial charge on any atom is -0.494 e. The number of hydrogen-bond donors (Lipinski definition) is 1. The Balaban J connectivity index is 3.23. The zero-order chi connectivity index (χ0) is 11.4. The van der Waals surface area contributed by atoms with E-state index in [1.165, 1.54) is 0 Å². The van der Waals surface area contributed by atoms with Gasteiger partial charge in [0.1, 0.15) is 5.76 Å². The van der Waals surface area contributed by atoms with Crippen molar-refractivity contribution in [1.82, 2.24) is 0 Å². The third-order valence-electron chi connectivity index (χ3n) is 2.11. The lowest BCUT2D eigenvalue weighted by Gasteiger charge is -2.11. The summed E-state index contributed by atoms with van der Waals surface area (Å²) >= 11 is 0. The molecule has 3 heteroatoms. The van der Waals surface area contributed by atoms with Crippen molar-refractivity contribution in [2.24, 2.45) is 0 Å². The van der Waals surface area contributed by atoms with Crippen molar-refractivity contribution in [2.75, 3.05) is 6.61 Å². The largest absolute Gasteiger partial charge is 0.494 e. The monoisotopic (exact) mass is 206 g/mol. The molecule has 0 radical (unpaired) electrons. The Morgan fingerprint density at radius 3 is 2.73 bits per heavy atom. The zero-order valence-corrected chi connectivity index (χ0v) is 8.91. The summed E-state index contributed by atoms with van der Waals surface area (Å²) < 4.78 is 5.22. The molecular formula is C12H14O3. The Hall–Kier alpha value is -1.77. The van der Waals surface area contributed by atoms with E-state index in [-0.39, 0.29) is 5.56 Å². The molecule has 0 heterocycles. The molecule has 1 aromatic rings. The van der Waals surface area contributed by atoms with E-state index in [4.69, 9.17) is 9.84 Å². The van der Waals surface area contributed by atoms with Crippen molar-refractivity contribution in [2.45, 2.75) is 13.8 Å². The maximum absolute atomic E-state index is 11.1. The summed E-state index contributed by atoms with van der Waals surface area (Å²) in [5.74, 6) is -0.553. The standard InChI is InChI=1S/C12H14O3/c1-4-15-9(3)10-7-5-6-8(2)11(10)12(13)14/h5-7H,3-4H2,1-2H3,(H,13,14). The summed E-state index contributed by atoms with van der Waals surface area (Å²) in [6.45, 7) is 7.78. The molecule has 0 aliphatic rings. The van der Waals surface area contributed by atoms with Gasteiger partial charge in [-0.15, -0.1) is 0 Å². The first-order valence-electron chi connectivity index (χ1n) is 4.73. The molecule has 1 aromatic carbocycles. The molecular weight excluding hydrogens is 192 g/mol. The lowest BCUT2D eigenvalue weighted by molar-refractivity contribution is 0.0695. The second-order valence-electron chi connectivity index (χ2n) is 3.16. The zero-order valence-electron chi connectivity index (χ0n) is 8.91. The molecule has 15 heavy (non-hydrogen) atoms. The Morgan fingerprint density at radius 1 is 1.53 bits per heavy atom. The van der Waals surface area contributed by atoms with Gasteiger partial charge in [-0.3, -0.25) is 0 Å². The number of hydrogen-bond acceptors (Lipinski definition) is 2. The van der Waals surface area contributed by atoms with Crippen LogP contribution in [0.25, 0.3) is 5.76 Å². The molecule has 80 valence electrons. The van der Waals surface area contributed by atoms with E-state index in [0.29, 0.717) is 23.5 Å². The quantitative estimate of drug-likeness (QED) is 0.770. The summed E-state index contributed by atoms with van der Waals surface area (Å²) in [5.41, 5.74) is 1.51. The first-order valence-corrected chi connectivity index (χ1v) is 4.73. The van der Waals surface area contributed by atoms with E-state index in [1.807, 2.05) is 6.92 Å². The van der Waals surface area contributed by atoms with E-state index in [0.717, 1.165) is 0 Å². The number of rotatable bonds is 4. The van der Waals surface area contributed by atoms with Gasteiger partial charge in [-0.2, -0.15) is 0 Å². The summed E-state index contributed by atoms with van der Waals surface area (Å²) in [7, 11) is 0. The van der Waals surface area contributed by atoms with Gasteiger partial charge in [0, 0.05) is 5.56 Å². The van der Waals surface area contributed by atoms with Gasteiger partial charge in [0.25, 0.3) is 0 Å². The van der Waals surface area contributed by atoms with Gasteiger partial charge in [0.05, 0.1) is 12.2 Å². The van der Waals surface area contributed by atoms with Gasteiger partial charge in [0.2, 0.25) is 0 Å². The molecule has 1 N–H and O–H groups in total. The highest BCUT2D eigenvalue weighted by Crippen LogP contribution is 2.21. The molecule has 0 atom stereocenters. The molecule has 0 aromatic heterocycles. The highest BCUT2D eigenvalue weighted by atomic mass is 16.5. The van der Waals surface area contributed by atoms with E-state index in [2.05, 4.69) is 6.58 Å². The molecule has 0 saturated carbocycles. The minimum atomic E-state index is -0.955. The third kappa shape index (κ3) is 2.37. The van der Waals surface area contributed by atoms with E-state index in [1.54, 1.807) is 25.1 Å². The number of carboxylic acids is 1. The van der Waals surface area contributed by atoms with Crippen molar-refractivity contribution in [3.8, 4) is 0 Å². The average Bonchev–Trinajstić information content (AvgIpc) is 2.17. The summed E-state index contributed by atoms with van der Waals surface area (Å²) in [5, 5.41) is 9.07. The van der Waals surface area contributed by atoms with Gasteiger partial charge >= 0.3 is 5.97 Å². The maximum Gasteiger partial charge on any atom is 0.336 e. The average molecular weight is 206 g/mol. The molecule has 0 spiro atoms. The Bertz CT molecular complexity index is 394. The number of aromatic carboxylic acids is 1. The van der Waals surface area contributed by atoms with Crippen LogP contribution in [0.2, 0.25) is 0 Å². The van der Waals surface area contributed by atoms with Crippen LogP contribution in [0.15, 0.2) is 24.8 Å². The SMILES string of the molecule is C=C(OCC)c1cccc(C)c1C(=O)O. The van der Waals surface area contributed by atoms with E-state index >= 15 is 0 Å². The van der Waals surface area contributed by atoms with Crippen molar-refractivity contribution in [3.63, 3.8) is 0 Å². The highest BCUT2D eigenvalue weighted by Gasteiger charge is 2.15. The molecule has 0 unspecified atom stereocenters. The fraction of sp³-hybridized carbons (Fsp3) is 0.250. The smallest absolute Gasteiger partial charge is 0.336 e. The number of ether oxygens (including phenoxy) is 1. The van der Waals surface area contributed by atoms with Crippen LogP contribution in [0, 0.1) is 6.92 Å². The number of benzene rings is 1. The third-order valence-corrected chi connectivity index (χ3v) is 2.11. The number of carbonyl (C=O) groups is 1. The summed E-state index contributed by atoms with van der Waals surface area (Å²) in [4.78, 5) is 11.1. The normalized spacial score (nSPS) is 9.73. The highest BCUT2D eigenvalue weighted by molar-refractivity contribution is 5.94. The second-order valence-corrected chi connectivity index (χ2v) is 3.16. The van der Waals surface area contributed by atoms with Gasteiger partial charge < -0.3 is 9.84 Å². The minimum absolute atomic E-state index is 0.260. The lowest BCUT2D eigenvalue weighted by atomic mass is 10.0. The Kier molecular flexibility index (Phi) is 3.50. The molecule has 0 aliphatic heterocycles. The van der Waals surface area contributed by atoms with Crippen molar-refractivity contribution in [1.29, 1.82) is 0 Å². The first kappa shape index (κ1) is 11.3. The fourth-order valence-corrected chi connectivity index (χ4v) is 1.44. The molecule has 3 nitrogen and oxygen atoms in total. The van der Waals surface area contributed by atoms with Gasteiger partial charge in [-0.05, 0) is 19.4 Å². The number of aryl methyl sites for hydroxylation is 1. The topological polar surface area (TPSA) is 46.5 Å². The van der Waals surface area contributed by atoms with Crippen LogP contribution in [-0.4, -0.2) is 17.7 Å². The van der Waals surface area contributed by atoms with Gasteiger partial charge in [0.15, 0.2) is 0 Å². The van der Waals surface area contributed by atoms with E-state index in [9.17, 15) is 4.79 Å². The summed E-state index contributed by atoms with van der Waals surface area (Å²) in [6, 6.07) is 5.25. The molecule has 0 bridgehead atoms. The Morgan fingerprint density at radius 2 is 2.20 bits per heavy atom. The van der Waals surface area contributed by atoms with Gasteiger partial charge in [-0.25, -0.2) is 4.79 Å². The predicted octanol–water partition coefficient (Wildman–Crippen LogP) is 2.70. The van der Waals surface area contributed by atoms with Gasteiger partial charge in [-0.1, -0.05) is 24.8 Å². The predicted molar refractivity (Wildman–Crippen MR) is 58.8 cm³/mol. The van der Waals surface area contributed by atoms with Crippen LogP contribution in [-0.2, 0) is 4.74 Å². The van der Waals surface area contributed by atoms with Crippen LogP contribution in [0.1, 0.15) is 28.4 Å². The maximum atomic E-state index is 11.1.